The van der Waals surface area contributed by atoms with Crippen LogP contribution in [0.1, 0.15) is 12.7 Å². The lowest BCUT2D eigenvalue weighted by Gasteiger charge is -2.10. The zero-order valence-electron chi connectivity index (χ0n) is 11.7. The van der Waals surface area contributed by atoms with Crippen molar-refractivity contribution >= 4 is 39.0 Å². The van der Waals surface area contributed by atoms with Crippen LogP contribution >= 0.6 is 27.5 Å². The molecule has 0 bridgehead atoms. The highest BCUT2D eigenvalue weighted by molar-refractivity contribution is 9.10. The third-order valence-corrected chi connectivity index (χ3v) is 3.45. The summed E-state index contributed by atoms with van der Waals surface area (Å²) in [5.74, 6) is 1.87. The molecular weight excluding hydrogens is 358 g/mol. The Kier molecular flexibility index (Phi) is 5.78. The lowest BCUT2D eigenvalue weighted by molar-refractivity contribution is 0.128. The number of nitrogens with zero attached hydrogens (tertiary/aromatic N) is 2. The molecule has 0 amide bonds. The highest BCUT2D eigenvalue weighted by atomic mass is 79.9. The molecule has 1 heterocycles. The lowest BCUT2D eigenvalue weighted by atomic mass is 10.3. The minimum absolute atomic E-state index is 0.329. The minimum atomic E-state index is 0.329. The van der Waals surface area contributed by atoms with Crippen LogP contribution in [-0.4, -0.2) is 23.7 Å². The third-order valence-electron chi connectivity index (χ3n) is 2.60. The number of nitrogens with one attached hydrogen (secondary N) is 1. The fourth-order valence-electron chi connectivity index (χ4n) is 1.67. The number of methoxy groups -OCH3 is 1. The Morgan fingerprint density at radius 3 is 2.81 bits per heavy atom. The summed E-state index contributed by atoms with van der Waals surface area (Å²) in [6, 6.07) is 7.32. The van der Waals surface area contributed by atoms with Gasteiger partial charge in [-0.1, -0.05) is 11.6 Å². The number of ether oxygens (including phenoxy) is 2. The lowest BCUT2D eigenvalue weighted by Crippen LogP contribution is -2.03. The predicted octanol–water partition coefficient (Wildman–Crippen LogP) is 4.18. The zero-order valence-corrected chi connectivity index (χ0v) is 14.0. The van der Waals surface area contributed by atoms with E-state index in [1.807, 2.05) is 25.1 Å². The monoisotopic (exact) mass is 371 g/mol. The van der Waals surface area contributed by atoms with E-state index in [4.69, 9.17) is 21.1 Å². The van der Waals surface area contributed by atoms with E-state index in [1.165, 1.54) is 0 Å². The number of benzene rings is 1. The number of hydrogen-bond donors (Lipinski definition) is 1. The molecule has 0 aliphatic rings. The van der Waals surface area contributed by atoms with Crippen LogP contribution in [0.5, 0.6) is 5.75 Å². The maximum absolute atomic E-state index is 6.00. The second-order valence-electron chi connectivity index (χ2n) is 4.10. The molecule has 7 heteroatoms. The molecule has 21 heavy (non-hydrogen) atoms. The quantitative estimate of drug-likeness (QED) is 0.771. The molecule has 0 aliphatic heterocycles. The van der Waals surface area contributed by atoms with Gasteiger partial charge in [-0.2, -0.15) is 0 Å². The van der Waals surface area contributed by atoms with Gasteiger partial charge in [0.25, 0.3) is 0 Å². The van der Waals surface area contributed by atoms with Crippen LogP contribution in [0.2, 0.25) is 5.15 Å². The molecule has 0 radical (unpaired) electrons. The second-order valence-corrected chi connectivity index (χ2v) is 5.35. The summed E-state index contributed by atoms with van der Waals surface area (Å²) in [6.45, 7) is 2.84. The molecule has 1 aromatic heterocycles. The second kappa shape index (κ2) is 7.59. The van der Waals surface area contributed by atoms with Gasteiger partial charge in [-0.25, -0.2) is 9.97 Å². The molecule has 0 saturated carbocycles. The number of aromatic nitrogens is 2. The van der Waals surface area contributed by atoms with Crippen molar-refractivity contribution < 1.29 is 9.47 Å². The zero-order chi connectivity index (χ0) is 15.2. The van der Waals surface area contributed by atoms with Crippen LogP contribution in [-0.2, 0) is 11.3 Å². The summed E-state index contributed by atoms with van der Waals surface area (Å²) in [7, 11) is 1.62. The Balaban J connectivity index is 2.20. The molecule has 112 valence electrons. The largest absolute Gasteiger partial charge is 0.495 e. The van der Waals surface area contributed by atoms with E-state index in [2.05, 4.69) is 31.2 Å². The summed E-state index contributed by atoms with van der Waals surface area (Å²) in [5.41, 5.74) is 0.840. The predicted molar refractivity (Wildman–Crippen MR) is 86.3 cm³/mol. The number of hydrogen-bond acceptors (Lipinski definition) is 5. The van der Waals surface area contributed by atoms with Gasteiger partial charge in [0.05, 0.1) is 11.6 Å². The average Bonchev–Trinajstić information content (AvgIpc) is 2.46. The summed E-state index contributed by atoms with van der Waals surface area (Å²) in [4.78, 5) is 8.48. The molecule has 2 rings (SSSR count). The van der Waals surface area contributed by atoms with Crippen LogP contribution in [0, 0.1) is 0 Å². The van der Waals surface area contributed by atoms with Gasteiger partial charge in [-0.15, -0.1) is 0 Å². The minimum Gasteiger partial charge on any atom is -0.495 e. The molecule has 1 aromatic carbocycles. The van der Waals surface area contributed by atoms with Crippen molar-refractivity contribution in [2.24, 2.45) is 0 Å². The Morgan fingerprint density at radius 2 is 2.10 bits per heavy atom. The first-order chi connectivity index (χ1) is 10.1. The highest BCUT2D eigenvalue weighted by Crippen LogP contribution is 2.29. The first kappa shape index (κ1) is 16.0. The van der Waals surface area contributed by atoms with Crippen LogP contribution in [0.15, 0.2) is 28.7 Å². The van der Waals surface area contributed by atoms with Gasteiger partial charge in [0.15, 0.2) is 5.82 Å². The van der Waals surface area contributed by atoms with Crippen molar-refractivity contribution in [3.05, 3.63) is 39.7 Å². The molecule has 0 saturated heterocycles. The first-order valence-electron chi connectivity index (χ1n) is 6.34. The maximum Gasteiger partial charge on any atom is 0.158 e. The Bertz CT molecular complexity index is 625. The Hall–Kier alpha value is -1.37. The van der Waals surface area contributed by atoms with Crippen molar-refractivity contribution in [3.8, 4) is 5.75 Å². The average molecular weight is 373 g/mol. The van der Waals surface area contributed by atoms with E-state index in [0.29, 0.717) is 30.0 Å². The van der Waals surface area contributed by atoms with Gasteiger partial charge in [0, 0.05) is 24.4 Å². The number of rotatable bonds is 6. The van der Waals surface area contributed by atoms with E-state index >= 15 is 0 Å². The van der Waals surface area contributed by atoms with Gasteiger partial charge in [0.2, 0.25) is 0 Å². The molecular formula is C14H15BrClN3O2. The Morgan fingerprint density at radius 1 is 1.29 bits per heavy atom. The Labute approximate surface area is 136 Å². The SMILES string of the molecule is CCOCc1nc(Cl)cc(Nc2ccc(Br)c(OC)c2)n1. The number of anilines is 2. The molecule has 1 N–H and O–H groups in total. The maximum atomic E-state index is 6.00. The van der Waals surface area contributed by atoms with E-state index < -0.39 is 0 Å². The van der Waals surface area contributed by atoms with Gasteiger partial charge in [-0.3, -0.25) is 0 Å². The van der Waals surface area contributed by atoms with Crippen molar-refractivity contribution in [1.82, 2.24) is 9.97 Å². The van der Waals surface area contributed by atoms with Crippen molar-refractivity contribution in [2.75, 3.05) is 19.0 Å². The fourth-order valence-corrected chi connectivity index (χ4v) is 2.28. The first-order valence-corrected chi connectivity index (χ1v) is 7.51. The fraction of sp³-hybridized carbons (Fsp3) is 0.286. The smallest absolute Gasteiger partial charge is 0.158 e. The van der Waals surface area contributed by atoms with E-state index in [-0.39, 0.29) is 0 Å². The van der Waals surface area contributed by atoms with Crippen LogP contribution < -0.4 is 10.1 Å². The molecule has 0 aliphatic carbocycles. The highest BCUT2D eigenvalue weighted by Gasteiger charge is 2.06. The molecule has 0 fully saturated rings. The topological polar surface area (TPSA) is 56.3 Å². The van der Waals surface area contributed by atoms with E-state index in [1.54, 1.807) is 13.2 Å². The molecule has 0 spiro atoms. The summed E-state index contributed by atoms with van der Waals surface area (Å²) < 4.78 is 11.4. The summed E-state index contributed by atoms with van der Waals surface area (Å²) >= 11 is 9.41. The summed E-state index contributed by atoms with van der Waals surface area (Å²) in [5, 5.41) is 3.54. The number of halogens is 2. The van der Waals surface area contributed by atoms with Crippen LogP contribution in [0.4, 0.5) is 11.5 Å². The van der Waals surface area contributed by atoms with Gasteiger partial charge >= 0.3 is 0 Å². The van der Waals surface area contributed by atoms with Crippen molar-refractivity contribution in [1.29, 1.82) is 0 Å². The molecule has 2 aromatic rings. The van der Waals surface area contributed by atoms with E-state index in [0.717, 1.165) is 15.9 Å². The molecule has 5 nitrogen and oxygen atoms in total. The van der Waals surface area contributed by atoms with Crippen molar-refractivity contribution in [3.63, 3.8) is 0 Å². The van der Waals surface area contributed by atoms with Gasteiger partial charge < -0.3 is 14.8 Å². The third kappa shape index (κ3) is 4.56. The standard InChI is InChI=1S/C14H15BrClN3O2/c1-3-21-8-14-18-12(16)7-13(19-14)17-9-4-5-10(15)11(6-9)20-2/h4-7H,3,8H2,1-2H3,(H,17,18,19). The van der Waals surface area contributed by atoms with E-state index in [9.17, 15) is 0 Å². The summed E-state index contributed by atoms with van der Waals surface area (Å²) in [6.07, 6.45) is 0. The van der Waals surface area contributed by atoms with Gasteiger partial charge in [-0.05, 0) is 35.0 Å². The van der Waals surface area contributed by atoms with Gasteiger partial charge in [0.1, 0.15) is 23.3 Å². The van der Waals surface area contributed by atoms with Crippen LogP contribution in [0.3, 0.4) is 0 Å². The van der Waals surface area contributed by atoms with Crippen molar-refractivity contribution in [2.45, 2.75) is 13.5 Å². The van der Waals surface area contributed by atoms with Crippen LogP contribution in [0.25, 0.3) is 0 Å². The normalized spacial score (nSPS) is 10.5. The molecule has 0 atom stereocenters. The molecule has 0 unspecified atom stereocenters.